The fourth-order valence-corrected chi connectivity index (χ4v) is 0.470. The van der Waals surface area contributed by atoms with Gasteiger partial charge in [-0.25, -0.2) is 10.4 Å². The molecule has 3 heteroatoms. The molecule has 0 aromatic rings. The Balaban J connectivity index is 2.18. The monoisotopic (exact) mass is 87.1 g/mol. The molecule has 1 rings (SSSR count). The van der Waals surface area contributed by atoms with E-state index in [0.717, 1.165) is 13.3 Å². The van der Waals surface area contributed by atoms with Crippen LogP contribution < -0.4 is 10.7 Å². The summed E-state index contributed by atoms with van der Waals surface area (Å²) < 4.78 is 0. The van der Waals surface area contributed by atoms with E-state index in [2.05, 4.69) is 10.7 Å². The predicted molar refractivity (Wildman–Crippen MR) is 23.8 cm³/mol. The summed E-state index contributed by atoms with van der Waals surface area (Å²) in [6.07, 6.45) is 0. The zero-order valence-corrected chi connectivity index (χ0v) is 3.86. The summed E-state index contributed by atoms with van der Waals surface area (Å²) >= 11 is 0. The van der Waals surface area contributed by atoms with Crippen molar-refractivity contribution in [3.05, 3.63) is 0 Å². The largest absolute Gasteiger partial charge is 0.290 e. The van der Waals surface area contributed by atoms with Crippen molar-refractivity contribution in [2.45, 2.75) is 0 Å². The first-order valence-corrected chi connectivity index (χ1v) is 2.05. The highest BCUT2D eigenvalue weighted by molar-refractivity contribution is 4.48. The number of hydrazine groups is 1. The van der Waals surface area contributed by atoms with Crippen molar-refractivity contribution >= 4 is 0 Å². The van der Waals surface area contributed by atoms with Crippen molar-refractivity contribution in [2.24, 2.45) is 0 Å². The fraction of sp³-hybridized carbons (Fsp3) is 1.00. The van der Waals surface area contributed by atoms with Gasteiger partial charge in [0.2, 0.25) is 0 Å². The number of nitrogens with zero attached hydrogens (tertiary/aromatic N) is 1. The first-order valence-electron chi connectivity index (χ1n) is 2.05. The lowest BCUT2D eigenvalue weighted by Gasteiger charge is -2.01. The highest BCUT2D eigenvalue weighted by atomic mass is 15.6. The van der Waals surface area contributed by atoms with Crippen LogP contribution in [-0.2, 0) is 0 Å². The molecule has 1 heterocycles. The summed E-state index contributed by atoms with van der Waals surface area (Å²) in [4.78, 5) is 0. The Hall–Kier alpha value is -0.120. The molecule has 0 atom stereocenters. The van der Waals surface area contributed by atoms with Crippen LogP contribution >= 0.6 is 0 Å². The zero-order valence-electron chi connectivity index (χ0n) is 3.86. The van der Waals surface area contributed by atoms with Crippen LogP contribution in [0.4, 0.5) is 0 Å². The molecule has 3 nitrogen and oxygen atoms in total. The first kappa shape index (κ1) is 4.05. The average molecular weight is 87.1 g/mol. The topological polar surface area (TPSA) is 27.3 Å². The first-order chi connectivity index (χ1) is 2.89. The zero-order chi connectivity index (χ0) is 4.41. The van der Waals surface area contributed by atoms with E-state index in [-0.39, 0.29) is 0 Å². The third-order valence-corrected chi connectivity index (χ3v) is 0.823. The maximum atomic E-state index is 3.09. The summed E-state index contributed by atoms with van der Waals surface area (Å²) in [6, 6.07) is 0. The van der Waals surface area contributed by atoms with Crippen LogP contribution in [-0.4, -0.2) is 25.4 Å². The van der Waals surface area contributed by atoms with Crippen LogP contribution in [0.1, 0.15) is 0 Å². The van der Waals surface area contributed by atoms with Gasteiger partial charge in [0.15, 0.2) is 0 Å². The molecule has 0 spiro atoms. The number of rotatable bonds is 0. The minimum absolute atomic E-state index is 0.913. The highest BCUT2D eigenvalue weighted by Crippen LogP contribution is 1.73. The lowest BCUT2D eigenvalue weighted by atomic mass is 11.0. The van der Waals surface area contributed by atoms with E-state index >= 15 is 0 Å². The molecule has 6 heavy (non-hydrogen) atoms. The summed E-state index contributed by atoms with van der Waals surface area (Å²) in [5, 5.41) is 5.09. The molecule has 0 amide bonds. The van der Waals surface area contributed by atoms with Crippen LogP contribution in [0.3, 0.4) is 0 Å². The number of hydrogen-bond donors (Lipinski definition) is 2. The van der Waals surface area contributed by atoms with Crippen molar-refractivity contribution in [1.82, 2.24) is 15.8 Å². The quantitative estimate of drug-likeness (QED) is 0.394. The Bertz CT molecular complexity index is 39.3. The highest BCUT2D eigenvalue weighted by Gasteiger charge is 1.99. The number of nitrogens with one attached hydrogen (secondary N) is 2. The van der Waals surface area contributed by atoms with Crippen molar-refractivity contribution < 1.29 is 0 Å². The van der Waals surface area contributed by atoms with Gasteiger partial charge in [-0.15, -0.1) is 0 Å². The SMILES string of the molecule is CN1CNCN1. The Morgan fingerprint density at radius 1 is 1.67 bits per heavy atom. The van der Waals surface area contributed by atoms with Crippen LogP contribution in [0, 0.1) is 0 Å². The molecule has 0 radical (unpaired) electrons. The second-order valence-electron chi connectivity index (χ2n) is 1.44. The lowest BCUT2D eigenvalue weighted by molar-refractivity contribution is 0.313. The molecule has 2 N–H and O–H groups in total. The molecule has 0 aromatic carbocycles. The molecule has 36 valence electrons. The molecule has 0 aliphatic carbocycles. The summed E-state index contributed by atoms with van der Waals surface area (Å²) in [7, 11) is 2.00. The number of hydrogen-bond acceptors (Lipinski definition) is 3. The van der Waals surface area contributed by atoms with Crippen LogP contribution in [0.25, 0.3) is 0 Å². The molecular formula is C3H9N3. The van der Waals surface area contributed by atoms with E-state index in [0.29, 0.717) is 0 Å². The molecule has 1 aliphatic rings. The van der Waals surface area contributed by atoms with Crippen molar-refractivity contribution in [1.29, 1.82) is 0 Å². The second kappa shape index (κ2) is 1.55. The molecule has 0 bridgehead atoms. The molecule has 0 aromatic heterocycles. The minimum atomic E-state index is 0.913. The Labute approximate surface area is 37.3 Å². The van der Waals surface area contributed by atoms with Crippen LogP contribution in [0.5, 0.6) is 0 Å². The van der Waals surface area contributed by atoms with Crippen molar-refractivity contribution in [3.63, 3.8) is 0 Å². The predicted octanol–water partition coefficient (Wildman–Crippen LogP) is -1.06. The summed E-state index contributed by atoms with van der Waals surface area (Å²) in [5.74, 6) is 0. The Morgan fingerprint density at radius 2 is 2.50 bits per heavy atom. The summed E-state index contributed by atoms with van der Waals surface area (Å²) in [6.45, 7) is 1.87. The Morgan fingerprint density at radius 3 is 2.67 bits per heavy atom. The van der Waals surface area contributed by atoms with Crippen LogP contribution in [0.2, 0.25) is 0 Å². The maximum absolute atomic E-state index is 3.09. The molecule has 1 saturated heterocycles. The minimum Gasteiger partial charge on any atom is -0.290 e. The average Bonchev–Trinajstić information content (AvgIpc) is 1.86. The third-order valence-electron chi connectivity index (χ3n) is 0.823. The Kier molecular flexibility index (Phi) is 1.05. The van der Waals surface area contributed by atoms with Gasteiger partial charge in [0.05, 0.1) is 13.3 Å². The second-order valence-corrected chi connectivity index (χ2v) is 1.44. The van der Waals surface area contributed by atoms with E-state index in [1.807, 2.05) is 12.1 Å². The molecule has 1 aliphatic heterocycles. The van der Waals surface area contributed by atoms with Gasteiger partial charge in [-0.05, 0) is 0 Å². The van der Waals surface area contributed by atoms with Gasteiger partial charge in [0, 0.05) is 7.05 Å². The van der Waals surface area contributed by atoms with E-state index in [4.69, 9.17) is 0 Å². The van der Waals surface area contributed by atoms with Gasteiger partial charge in [-0.2, -0.15) is 0 Å². The third kappa shape index (κ3) is 0.680. The van der Waals surface area contributed by atoms with Crippen molar-refractivity contribution in [2.75, 3.05) is 20.4 Å². The van der Waals surface area contributed by atoms with Gasteiger partial charge >= 0.3 is 0 Å². The van der Waals surface area contributed by atoms with Gasteiger partial charge in [0.1, 0.15) is 0 Å². The summed E-state index contributed by atoms with van der Waals surface area (Å²) in [5.41, 5.74) is 3.04. The van der Waals surface area contributed by atoms with Crippen LogP contribution in [0.15, 0.2) is 0 Å². The van der Waals surface area contributed by atoms with Gasteiger partial charge in [0.25, 0.3) is 0 Å². The van der Waals surface area contributed by atoms with E-state index in [1.54, 1.807) is 0 Å². The van der Waals surface area contributed by atoms with E-state index in [9.17, 15) is 0 Å². The fourth-order valence-electron chi connectivity index (χ4n) is 0.470. The normalized spacial score (nSPS) is 25.5. The maximum Gasteiger partial charge on any atom is 0.0628 e. The van der Waals surface area contributed by atoms with Gasteiger partial charge in [-0.1, -0.05) is 0 Å². The molecule has 1 fully saturated rings. The molecule has 0 unspecified atom stereocenters. The van der Waals surface area contributed by atoms with E-state index in [1.165, 1.54) is 0 Å². The van der Waals surface area contributed by atoms with Gasteiger partial charge < -0.3 is 0 Å². The lowest BCUT2D eigenvalue weighted by Crippen LogP contribution is -2.25. The molecule has 0 saturated carbocycles. The van der Waals surface area contributed by atoms with Gasteiger partial charge in [-0.3, -0.25) is 5.32 Å². The van der Waals surface area contributed by atoms with E-state index < -0.39 is 0 Å². The smallest absolute Gasteiger partial charge is 0.0628 e. The molecular weight excluding hydrogens is 78.1 g/mol. The standard InChI is InChI=1S/C3H9N3/c1-6-3-4-2-5-6/h4-5H,2-3H2,1H3. The van der Waals surface area contributed by atoms with Crippen molar-refractivity contribution in [3.8, 4) is 0 Å².